The molecule has 118 valence electrons. The molecule has 0 saturated carbocycles. The van der Waals surface area contributed by atoms with Crippen LogP contribution in [-0.4, -0.2) is 40.8 Å². The molecule has 0 aromatic heterocycles. The van der Waals surface area contributed by atoms with Crippen LogP contribution in [0.2, 0.25) is 0 Å². The number of likely N-dealkylation sites (tertiary alicyclic amines) is 1. The van der Waals surface area contributed by atoms with Crippen molar-refractivity contribution in [2.75, 3.05) is 19.6 Å². The molecule has 1 heterocycles. The highest BCUT2D eigenvalue weighted by molar-refractivity contribution is 5.38. The van der Waals surface area contributed by atoms with Crippen LogP contribution in [0.4, 0.5) is 0 Å². The van der Waals surface area contributed by atoms with Gasteiger partial charge >= 0.3 is 0 Å². The van der Waals surface area contributed by atoms with Gasteiger partial charge in [0.15, 0.2) is 0 Å². The van der Waals surface area contributed by atoms with Gasteiger partial charge in [-0.1, -0.05) is 13.8 Å². The summed E-state index contributed by atoms with van der Waals surface area (Å²) in [6, 6.07) is 5.62. The topological polar surface area (TPSA) is 55.7 Å². The van der Waals surface area contributed by atoms with Gasteiger partial charge in [0.1, 0.15) is 11.5 Å². The summed E-state index contributed by atoms with van der Waals surface area (Å²) in [6.45, 7) is 9.71. The summed E-state index contributed by atoms with van der Waals surface area (Å²) in [5.41, 5.74) is 0.977. The van der Waals surface area contributed by atoms with E-state index in [1.165, 1.54) is 18.9 Å². The van der Waals surface area contributed by atoms with Crippen molar-refractivity contribution in [3.05, 3.63) is 23.8 Å². The predicted octanol–water partition coefficient (Wildman–Crippen LogP) is 2.87. The Morgan fingerprint density at radius 1 is 1.19 bits per heavy atom. The Labute approximate surface area is 127 Å². The number of nitrogens with one attached hydrogen (secondary N) is 1. The zero-order chi connectivity index (χ0) is 15.4. The van der Waals surface area contributed by atoms with Crippen molar-refractivity contribution in [3.63, 3.8) is 0 Å². The van der Waals surface area contributed by atoms with Crippen LogP contribution in [0.1, 0.15) is 45.2 Å². The molecular weight excluding hydrogens is 264 g/mol. The number of piperidine rings is 1. The minimum absolute atomic E-state index is 0.131. The molecule has 4 heteroatoms. The highest BCUT2D eigenvalue weighted by Gasteiger charge is 2.24. The summed E-state index contributed by atoms with van der Waals surface area (Å²) in [5, 5.41) is 22.8. The third-order valence-electron chi connectivity index (χ3n) is 4.32. The van der Waals surface area contributed by atoms with Crippen molar-refractivity contribution in [2.45, 2.75) is 45.7 Å². The molecule has 1 aliphatic rings. The highest BCUT2D eigenvalue weighted by atomic mass is 16.3. The molecular formula is C17H28N2O2. The summed E-state index contributed by atoms with van der Waals surface area (Å²) < 4.78 is 0. The van der Waals surface area contributed by atoms with Crippen molar-refractivity contribution in [2.24, 2.45) is 5.92 Å². The minimum Gasteiger partial charge on any atom is -0.508 e. The largest absolute Gasteiger partial charge is 0.508 e. The Hall–Kier alpha value is -1.26. The van der Waals surface area contributed by atoms with Crippen LogP contribution in [0.25, 0.3) is 0 Å². The van der Waals surface area contributed by atoms with E-state index in [9.17, 15) is 10.2 Å². The second kappa shape index (κ2) is 7.14. The van der Waals surface area contributed by atoms with E-state index < -0.39 is 0 Å². The summed E-state index contributed by atoms with van der Waals surface area (Å²) in [6.07, 6.45) is 2.48. The van der Waals surface area contributed by atoms with E-state index in [-0.39, 0.29) is 17.5 Å². The number of nitrogens with zero attached hydrogens (tertiary/aromatic N) is 1. The molecule has 2 atom stereocenters. The number of hydrogen-bond donors (Lipinski definition) is 3. The molecule has 2 rings (SSSR count). The van der Waals surface area contributed by atoms with Crippen molar-refractivity contribution in [3.8, 4) is 11.5 Å². The summed E-state index contributed by atoms with van der Waals surface area (Å²) in [7, 11) is 0. The number of phenolic OH excluding ortho intramolecular Hbond substituents is 2. The van der Waals surface area contributed by atoms with Crippen LogP contribution in [0.5, 0.6) is 11.5 Å². The molecule has 4 nitrogen and oxygen atoms in total. The average Bonchev–Trinajstić information content (AvgIpc) is 2.43. The lowest BCUT2D eigenvalue weighted by molar-refractivity contribution is 0.129. The number of phenols is 2. The molecule has 0 radical (unpaired) electrons. The lowest BCUT2D eigenvalue weighted by Gasteiger charge is -2.37. The molecule has 21 heavy (non-hydrogen) atoms. The SMILES string of the molecule is CC(C)NCC1CCCN(C(C)c2cc(O)cc(O)c2)C1. The Morgan fingerprint density at radius 2 is 1.86 bits per heavy atom. The molecule has 0 spiro atoms. The predicted molar refractivity (Wildman–Crippen MR) is 85.6 cm³/mol. The molecule has 0 aliphatic carbocycles. The van der Waals surface area contributed by atoms with Crippen molar-refractivity contribution < 1.29 is 10.2 Å². The zero-order valence-corrected chi connectivity index (χ0v) is 13.3. The van der Waals surface area contributed by atoms with E-state index >= 15 is 0 Å². The van der Waals surface area contributed by atoms with Gasteiger partial charge in [0.25, 0.3) is 0 Å². The highest BCUT2D eigenvalue weighted by Crippen LogP contribution is 2.30. The van der Waals surface area contributed by atoms with Crippen LogP contribution >= 0.6 is 0 Å². The maximum atomic E-state index is 9.65. The van der Waals surface area contributed by atoms with Gasteiger partial charge in [-0.15, -0.1) is 0 Å². The molecule has 0 amide bonds. The molecule has 1 aliphatic heterocycles. The van der Waals surface area contributed by atoms with Crippen LogP contribution in [0, 0.1) is 5.92 Å². The van der Waals surface area contributed by atoms with E-state index in [2.05, 4.69) is 31.0 Å². The Kier molecular flexibility index (Phi) is 5.48. The first-order valence-corrected chi connectivity index (χ1v) is 7.96. The van der Waals surface area contributed by atoms with E-state index in [1.807, 2.05) is 0 Å². The smallest absolute Gasteiger partial charge is 0.119 e. The molecule has 1 saturated heterocycles. The fourth-order valence-electron chi connectivity index (χ4n) is 3.09. The molecule has 0 bridgehead atoms. The van der Waals surface area contributed by atoms with Gasteiger partial charge in [0.05, 0.1) is 0 Å². The van der Waals surface area contributed by atoms with E-state index in [4.69, 9.17) is 0 Å². The fourth-order valence-corrected chi connectivity index (χ4v) is 3.09. The third kappa shape index (κ3) is 4.61. The van der Waals surface area contributed by atoms with Crippen molar-refractivity contribution in [1.82, 2.24) is 10.2 Å². The maximum Gasteiger partial charge on any atom is 0.119 e. The van der Waals surface area contributed by atoms with E-state index in [1.54, 1.807) is 12.1 Å². The standard InChI is InChI=1S/C17H28N2O2/c1-12(2)18-10-14-5-4-6-19(11-14)13(3)15-7-16(20)9-17(21)8-15/h7-9,12-14,18,20-21H,4-6,10-11H2,1-3H3. The van der Waals surface area contributed by atoms with Crippen LogP contribution in [0.3, 0.4) is 0 Å². The van der Waals surface area contributed by atoms with Gasteiger partial charge in [-0.2, -0.15) is 0 Å². The minimum atomic E-state index is 0.131. The number of hydrogen-bond acceptors (Lipinski definition) is 4. The van der Waals surface area contributed by atoms with Gasteiger partial charge in [0, 0.05) is 24.7 Å². The number of benzene rings is 1. The third-order valence-corrected chi connectivity index (χ3v) is 4.32. The Balaban J connectivity index is 1.99. The maximum absolute atomic E-state index is 9.65. The lowest BCUT2D eigenvalue weighted by Crippen LogP contribution is -2.41. The molecule has 1 aromatic carbocycles. The first-order valence-electron chi connectivity index (χ1n) is 7.96. The molecule has 2 unspecified atom stereocenters. The van der Waals surface area contributed by atoms with Crippen LogP contribution < -0.4 is 5.32 Å². The second-order valence-corrected chi connectivity index (χ2v) is 6.52. The Morgan fingerprint density at radius 3 is 2.48 bits per heavy atom. The van der Waals surface area contributed by atoms with E-state index in [0.29, 0.717) is 12.0 Å². The van der Waals surface area contributed by atoms with Gasteiger partial charge in [0.2, 0.25) is 0 Å². The summed E-state index contributed by atoms with van der Waals surface area (Å²) >= 11 is 0. The average molecular weight is 292 g/mol. The van der Waals surface area contributed by atoms with Crippen LogP contribution in [-0.2, 0) is 0 Å². The van der Waals surface area contributed by atoms with Gasteiger partial charge in [-0.25, -0.2) is 0 Å². The van der Waals surface area contributed by atoms with Crippen LogP contribution in [0.15, 0.2) is 18.2 Å². The van der Waals surface area contributed by atoms with Crippen molar-refractivity contribution >= 4 is 0 Å². The zero-order valence-electron chi connectivity index (χ0n) is 13.3. The summed E-state index contributed by atoms with van der Waals surface area (Å²) in [5.74, 6) is 0.938. The first kappa shape index (κ1) is 16.1. The molecule has 1 fully saturated rings. The summed E-state index contributed by atoms with van der Waals surface area (Å²) in [4.78, 5) is 2.45. The monoisotopic (exact) mass is 292 g/mol. The quantitative estimate of drug-likeness (QED) is 0.781. The number of rotatable bonds is 5. The van der Waals surface area contributed by atoms with Gasteiger partial charge in [-0.05, 0) is 56.5 Å². The second-order valence-electron chi connectivity index (χ2n) is 6.52. The van der Waals surface area contributed by atoms with Crippen molar-refractivity contribution in [1.29, 1.82) is 0 Å². The van der Waals surface area contributed by atoms with E-state index in [0.717, 1.165) is 25.2 Å². The fraction of sp³-hybridized carbons (Fsp3) is 0.647. The van der Waals surface area contributed by atoms with Gasteiger partial charge in [-0.3, -0.25) is 4.90 Å². The lowest BCUT2D eigenvalue weighted by atomic mass is 9.95. The number of aromatic hydroxyl groups is 2. The first-order chi connectivity index (χ1) is 9.95. The normalized spacial score (nSPS) is 21.6. The molecule has 1 aromatic rings. The molecule has 3 N–H and O–H groups in total. The van der Waals surface area contributed by atoms with Gasteiger partial charge < -0.3 is 15.5 Å². The Bertz CT molecular complexity index is 442.